The number of aryl methyl sites for hydroxylation is 1. The third kappa shape index (κ3) is 5.61. The molecule has 0 saturated heterocycles. The van der Waals surface area contributed by atoms with Gasteiger partial charge in [0.25, 0.3) is 5.91 Å². The van der Waals surface area contributed by atoms with Crippen molar-refractivity contribution < 1.29 is 22.9 Å². The van der Waals surface area contributed by atoms with Gasteiger partial charge in [0.1, 0.15) is 0 Å². The number of benzene rings is 2. The fourth-order valence-electron chi connectivity index (χ4n) is 3.18. The van der Waals surface area contributed by atoms with E-state index in [0.717, 1.165) is 22.6 Å². The van der Waals surface area contributed by atoms with Gasteiger partial charge >= 0.3 is 5.69 Å². The molecule has 0 aliphatic heterocycles. The highest BCUT2D eigenvalue weighted by molar-refractivity contribution is 7.89. The lowest BCUT2D eigenvalue weighted by molar-refractivity contribution is -0.385. The highest BCUT2D eigenvalue weighted by Gasteiger charge is 2.15. The van der Waals surface area contributed by atoms with Gasteiger partial charge in [-0.1, -0.05) is 12.1 Å². The number of nitrogens with two attached hydrogens (primary N) is 1. The molecular weight excluding hydrogens is 450 g/mol. The number of nitro groups is 1. The molecule has 33 heavy (non-hydrogen) atoms. The Kier molecular flexibility index (Phi) is 6.89. The number of carbonyl (C=O) groups is 1. The Morgan fingerprint density at radius 1 is 1.21 bits per heavy atom. The summed E-state index contributed by atoms with van der Waals surface area (Å²) in [6.07, 6.45) is 1.46. The molecular formula is C21H21N5O6S. The van der Waals surface area contributed by atoms with Crippen molar-refractivity contribution in [1.82, 2.24) is 9.99 Å². The molecule has 1 amide bonds. The largest absolute Gasteiger partial charge is 0.477 e. The predicted molar refractivity (Wildman–Crippen MR) is 121 cm³/mol. The monoisotopic (exact) mass is 471 g/mol. The zero-order valence-electron chi connectivity index (χ0n) is 17.8. The standard InChI is InChI=1S/C21H21N5O6S/c1-14-11-16(15(2)25(14)17-7-9-18(10-8-17)33(22,30)31)12-23-24-21(27)13-32-20-6-4-3-5-19(20)26(28)29/h3-12H,13H2,1-2H3,(H,24,27)(H2,22,30,31)/b23-12-. The van der Waals surface area contributed by atoms with E-state index in [1.807, 2.05) is 24.5 Å². The van der Waals surface area contributed by atoms with Gasteiger partial charge in [0.15, 0.2) is 12.4 Å². The maximum Gasteiger partial charge on any atom is 0.310 e. The minimum absolute atomic E-state index is 0.0151. The van der Waals surface area contributed by atoms with Crippen molar-refractivity contribution in [3.8, 4) is 11.4 Å². The van der Waals surface area contributed by atoms with Crippen molar-refractivity contribution in [1.29, 1.82) is 0 Å². The average Bonchev–Trinajstić information content (AvgIpc) is 3.05. The lowest BCUT2D eigenvalue weighted by Crippen LogP contribution is -2.24. The zero-order chi connectivity index (χ0) is 24.2. The van der Waals surface area contributed by atoms with Gasteiger partial charge in [0.05, 0.1) is 16.0 Å². The molecule has 0 radical (unpaired) electrons. The highest BCUT2D eigenvalue weighted by atomic mass is 32.2. The van der Waals surface area contributed by atoms with E-state index in [1.54, 1.807) is 18.2 Å². The van der Waals surface area contributed by atoms with Crippen molar-refractivity contribution in [3.05, 3.63) is 81.7 Å². The number of hydrazone groups is 1. The van der Waals surface area contributed by atoms with E-state index in [1.165, 1.54) is 36.5 Å². The Morgan fingerprint density at radius 2 is 1.88 bits per heavy atom. The van der Waals surface area contributed by atoms with Crippen molar-refractivity contribution in [2.45, 2.75) is 18.7 Å². The van der Waals surface area contributed by atoms with Crippen LogP contribution < -0.4 is 15.3 Å². The minimum Gasteiger partial charge on any atom is -0.477 e. The van der Waals surface area contributed by atoms with E-state index in [4.69, 9.17) is 9.88 Å². The molecule has 0 aliphatic carbocycles. The Morgan fingerprint density at radius 3 is 2.52 bits per heavy atom. The lowest BCUT2D eigenvalue weighted by Gasteiger charge is -2.10. The topological polar surface area (TPSA) is 159 Å². The number of sulfonamides is 1. The summed E-state index contributed by atoms with van der Waals surface area (Å²) < 4.78 is 30.0. The molecule has 0 bridgehead atoms. The van der Waals surface area contributed by atoms with Crippen LogP contribution in [0.5, 0.6) is 5.75 Å². The summed E-state index contributed by atoms with van der Waals surface area (Å²) >= 11 is 0. The summed E-state index contributed by atoms with van der Waals surface area (Å²) in [5, 5.41) is 20.0. The molecule has 3 aromatic rings. The number of primary sulfonamides is 1. The van der Waals surface area contributed by atoms with Crippen LogP contribution in [0.4, 0.5) is 5.69 Å². The third-order valence-corrected chi connectivity index (χ3v) is 5.64. The molecule has 0 aliphatic rings. The van der Waals surface area contributed by atoms with Crippen LogP contribution in [0.2, 0.25) is 0 Å². The predicted octanol–water partition coefficient (Wildman–Crippen LogP) is 2.18. The van der Waals surface area contributed by atoms with Crippen LogP contribution in [0.1, 0.15) is 17.0 Å². The van der Waals surface area contributed by atoms with Gasteiger partial charge in [0, 0.05) is 28.7 Å². The first kappa shape index (κ1) is 23.6. The van der Waals surface area contributed by atoms with Crippen LogP contribution in [0, 0.1) is 24.0 Å². The van der Waals surface area contributed by atoms with Crippen molar-refractivity contribution >= 4 is 27.8 Å². The Balaban J connectivity index is 1.66. The number of nitrogens with one attached hydrogen (secondary N) is 1. The van der Waals surface area contributed by atoms with Gasteiger partial charge in [0.2, 0.25) is 10.0 Å². The highest BCUT2D eigenvalue weighted by Crippen LogP contribution is 2.25. The molecule has 0 fully saturated rings. The Bertz CT molecular complexity index is 1330. The Labute approximate surface area is 189 Å². The van der Waals surface area contributed by atoms with Crippen LogP contribution in [0.25, 0.3) is 5.69 Å². The second-order valence-electron chi connectivity index (χ2n) is 7.01. The van der Waals surface area contributed by atoms with E-state index in [-0.39, 0.29) is 16.3 Å². The fourth-order valence-corrected chi connectivity index (χ4v) is 3.70. The number of para-hydroxylation sites is 2. The van der Waals surface area contributed by atoms with Crippen LogP contribution in [0.3, 0.4) is 0 Å². The van der Waals surface area contributed by atoms with E-state index in [9.17, 15) is 23.3 Å². The van der Waals surface area contributed by atoms with Gasteiger partial charge in [-0.05, 0) is 50.2 Å². The molecule has 0 unspecified atom stereocenters. The summed E-state index contributed by atoms with van der Waals surface area (Å²) in [5.74, 6) is -0.601. The number of ether oxygens (including phenoxy) is 1. The second-order valence-corrected chi connectivity index (χ2v) is 8.57. The fraction of sp³-hybridized carbons (Fsp3) is 0.143. The number of aromatic nitrogens is 1. The summed E-state index contributed by atoms with van der Waals surface area (Å²) in [5.41, 5.74) is 5.21. The molecule has 3 N–H and O–H groups in total. The molecule has 2 aromatic carbocycles. The van der Waals surface area contributed by atoms with Crippen LogP contribution >= 0.6 is 0 Å². The van der Waals surface area contributed by atoms with Crippen LogP contribution in [0.15, 0.2) is 64.6 Å². The first-order chi connectivity index (χ1) is 15.6. The Hall–Kier alpha value is -4.03. The van der Waals surface area contributed by atoms with Crippen LogP contribution in [-0.4, -0.2) is 36.6 Å². The molecule has 0 saturated carbocycles. The van der Waals surface area contributed by atoms with Gasteiger partial charge in [-0.25, -0.2) is 19.0 Å². The van der Waals surface area contributed by atoms with Crippen LogP contribution in [-0.2, 0) is 14.8 Å². The van der Waals surface area contributed by atoms with Gasteiger partial charge < -0.3 is 9.30 Å². The quantitative estimate of drug-likeness (QED) is 0.291. The number of nitro benzene ring substituents is 1. The first-order valence-electron chi connectivity index (χ1n) is 9.58. The number of rotatable bonds is 8. The summed E-state index contributed by atoms with van der Waals surface area (Å²) in [6.45, 7) is 3.27. The van der Waals surface area contributed by atoms with Crippen molar-refractivity contribution in [2.75, 3.05) is 6.61 Å². The third-order valence-electron chi connectivity index (χ3n) is 4.71. The van der Waals surface area contributed by atoms with Gasteiger partial charge in [-0.15, -0.1) is 0 Å². The lowest BCUT2D eigenvalue weighted by atomic mass is 10.2. The molecule has 11 nitrogen and oxygen atoms in total. The number of hydrogen-bond donors (Lipinski definition) is 2. The van der Waals surface area contributed by atoms with Crippen molar-refractivity contribution in [2.24, 2.45) is 10.2 Å². The molecule has 3 rings (SSSR count). The molecule has 1 aromatic heterocycles. The van der Waals surface area contributed by atoms with E-state index in [2.05, 4.69) is 10.5 Å². The van der Waals surface area contributed by atoms with Gasteiger partial charge in [-0.2, -0.15) is 5.10 Å². The van der Waals surface area contributed by atoms with E-state index < -0.39 is 27.5 Å². The number of amides is 1. The molecule has 0 atom stereocenters. The average molecular weight is 471 g/mol. The number of hydrogen-bond acceptors (Lipinski definition) is 7. The molecule has 1 heterocycles. The SMILES string of the molecule is Cc1cc(/C=N\NC(=O)COc2ccccc2[N+](=O)[O-])c(C)n1-c1ccc(S(N)(=O)=O)cc1. The minimum atomic E-state index is -3.78. The summed E-state index contributed by atoms with van der Waals surface area (Å²) in [7, 11) is -3.78. The summed E-state index contributed by atoms with van der Waals surface area (Å²) in [6, 6.07) is 13.7. The first-order valence-corrected chi connectivity index (χ1v) is 11.1. The van der Waals surface area contributed by atoms with E-state index in [0.29, 0.717) is 0 Å². The zero-order valence-corrected chi connectivity index (χ0v) is 18.6. The smallest absolute Gasteiger partial charge is 0.310 e. The maximum absolute atomic E-state index is 12.0. The normalized spacial score (nSPS) is 11.5. The molecule has 172 valence electrons. The second kappa shape index (κ2) is 9.63. The number of nitrogens with zero attached hydrogens (tertiary/aromatic N) is 3. The molecule has 0 spiro atoms. The molecule has 12 heteroatoms. The van der Waals surface area contributed by atoms with Gasteiger partial charge in [-0.3, -0.25) is 14.9 Å². The summed E-state index contributed by atoms with van der Waals surface area (Å²) in [4.78, 5) is 22.4. The maximum atomic E-state index is 12.0. The van der Waals surface area contributed by atoms with Crippen molar-refractivity contribution in [3.63, 3.8) is 0 Å². The van der Waals surface area contributed by atoms with E-state index >= 15 is 0 Å². The number of carbonyl (C=O) groups excluding carboxylic acids is 1.